The molecular weight excluding hydrogens is 348 g/mol. The van der Waals surface area contributed by atoms with Gasteiger partial charge in [0.05, 0.1) is 0 Å². The highest BCUT2D eigenvalue weighted by atomic mass is 32.2. The summed E-state index contributed by atoms with van der Waals surface area (Å²) in [6, 6.07) is 20.6. The Morgan fingerprint density at radius 2 is 1.40 bits per heavy atom. The van der Waals surface area contributed by atoms with E-state index in [2.05, 4.69) is 51.4 Å². The molecule has 0 spiro atoms. The molecule has 25 heavy (non-hydrogen) atoms. The highest BCUT2D eigenvalue weighted by Gasteiger charge is 2.29. The number of benzene rings is 2. The van der Waals surface area contributed by atoms with Crippen molar-refractivity contribution in [3.05, 3.63) is 71.8 Å². The van der Waals surface area contributed by atoms with Gasteiger partial charge in [-0.05, 0) is 11.1 Å². The van der Waals surface area contributed by atoms with Gasteiger partial charge in [-0.1, -0.05) is 72.4 Å². The van der Waals surface area contributed by atoms with Crippen molar-refractivity contribution in [3.63, 3.8) is 0 Å². The zero-order valence-corrected chi connectivity index (χ0v) is 15.1. The number of hydrogen-bond donors (Lipinski definition) is 0. The van der Waals surface area contributed by atoms with E-state index in [-0.39, 0.29) is 6.04 Å². The van der Waals surface area contributed by atoms with Crippen LogP contribution in [0.3, 0.4) is 0 Å². The molecule has 4 rings (SSSR count). The lowest BCUT2D eigenvalue weighted by Gasteiger charge is -2.17. The average molecular weight is 364 g/mol. The lowest BCUT2D eigenvalue weighted by Crippen LogP contribution is -2.27. The molecule has 0 bridgehead atoms. The predicted octanol–water partition coefficient (Wildman–Crippen LogP) is 4.43. The summed E-state index contributed by atoms with van der Waals surface area (Å²) < 4.78 is 0. The molecule has 6 heteroatoms. The minimum absolute atomic E-state index is 0.130. The first kappa shape index (κ1) is 16.3. The van der Waals surface area contributed by atoms with Gasteiger partial charge in [0.1, 0.15) is 11.4 Å². The maximum Gasteiger partial charge on any atom is 0.190 e. The summed E-state index contributed by atoms with van der Waals surface area (Å²) in [4.78, 5) is 18.0. The quantitative estimate of drug-likeness (QED) is 0.806. The van der Waals surface area contributed by atoms with E-state index in [1.165, 1.54) is 11.1 Å². The number of aliphatic imine (C=N–C) groups is 4. The molecule has 0 N–H and O–H groups in total. The molecule has 0 saturated heterocycles. The number of hydrogen-bond acceptors (Lipinski definition) is 6. The zero-order valence-electron chi connectivity index (χ0n) is 13.4. The summed E-state index contributed by atoms with van der Waals surface area (Å²) >= 11 is 3.35. The molecule has 0 aliphatic carbocycles. The van der Waals surface area contributed by atoms with E-state index in [4.69, 9.17) is 4.99 Å². The van der Waals surface area contributed by atoms with Gasteiger partial charge in [-0.3, -0.25) is 4.99 Å². The van der Waals surface area contributed by atoms with E-state index >= 15 is 0 Å². The Morgan fingerprint density at radius 1 is 0.760 bits per heavy atom. The lowest BCUT2D eigenvalue weighted by molar-refractivity contribution is 1.16. The van der Waals surface area contributed by atoms with Crippen LogP contribution >= 0.6 is 23.5 Å². The summed E-state index contributed by atoms with van der Waals surface area (Å²) in [5, 5.41) is 1.74. The maximum absolute atomic E-state index is 4.75. The van der Waals surface area contributed by atoms with Gasteiger partial charge < -0.3 is 0 Å². The Balaban J connectivity index is 1.47. The summed E-state index contributed by atoms with van der Waals surface area (Å²) in [5.41, 5.74) is 2.53. The van der Waals surface area contributed by atoms with E-state index in [9.17, 15) is 0 Å². The molecule has 0 radical (unpaired) electrons. The van der Waals surface area contributed by atoms with Crippen LogP contribution in [0.1, 0.15) is 11.1 Å². The molecule has 0 saturated carbocycles. The Bertz CT molecular complexity index is 858. The molecule has 2 aliphatic rings. The Hall–Kier alpha value is -2.18. The minimum Gasteiger partial charge on any atom is -0.255 e. The second kappa shape index (κ2) is 7.80. The SMILES string of the molecule is C1=NC2C(=N1)N=C(SCc1ccccc1)N=C2SCc1ccccc1. The lowest BCUT2D eigenvalue weighted by atomic mass is 10.2. The van der Waals surface area contributed by atoms with Gasteiger partial charge in [-0.15, -0.1) is 11.8 Å². The third-order valence-corrected chi connectivity index (χ3v) is 5.75. The predicted molar refractivity (Wildman–Crippen MR) is 110 cm³/mol. The molecule has 2 aromatic carbocycles. The fourth-order valence-electron chi connectivity index (χ4n) is 2.47. The van der Waals surface area contributed by atoms with Crippen LogP contribution in [0.4, 0.5) is 0 Å². The third-order valence-electron chi connectivity index (χ3n) is 3.74. The highest BCUT2D eigenvalue weighted by molar-refractivity contribution is 8.15. The van der Waals surface area contributed by atoms with Crippen molar-refractivity contribution in [2.75, 3.05) is 0 Å². The molecule has 2 aliphatic heterocycles. The van der Waals surface area contributed by atoms with Crippen LogP contribution in [0, 0.1) is 0 Å². The fourth-order valence-corrected chi connectivity index (χ4v) is 4.32. The third kappa shape index (κ3) is 4.08. The first-order chi connectivity index (χ1) is 12.4. The second-order valence-electron chi connectivity index (χ2n) is 5.55. The number of rotatable bonds is 4. The molecule has 1 atom stereocenters. The summed E-state index contributed by atoms with van der Waals surface area (Å²) in [5.74, 6) is 2.47. The second-order valence-corrected chi connectivity index (χ2v) is 7.49. The number of amidine groups is 2. The molecule has 0 amide bonds. The average Bonchev–Trinajstić information content (AvgIpc) is 3.15. The first-order valence-corrected chi connectivity index (χ1v) is 9.96. The van der Waals surface area contributed by atoms with Crippen molar-refractivity contribution in [3.8, 4) is 0 Å². The molecule has 2 heterocycles. The monoisotopic (exact) mass is 364 g/mol. The zero-order chi connectivity index (χ0) is 16.9. The largest absolute Gasteiger partial charge is 0.255 e. The van der Waals surface area contributed by atoms with Crippen molar-refractivity contribution >= 4 is 45.9 Å². The van der Waals surface area contributed by atoms with Crippen LogP contribution in [0.2, 0.25) is 0 Å². The van der Waals surface area contributed by atoms with Crippen LogP contribution in [0.5, 0.6) is 0 Å². The van der Waals surface area contributed by atoms with Crippen LogP contribution in [-0.4, -0.2) is 28.4 Å². The van der Waals surface area contributed by atoms with E-state index < -0.39 is 0 Å². The van der Waals surface area contributed by atoms with Gasteiger partial charge in [0.2, 0.25) is 0 Å². The Morgan fingerprint density at radius 3 is 2.08 bits per heavy atom. The van der Waals surface area contributed by atoms with E-state index in [1.54, 1.807) is 29.9 Å². The molecule has 1 unspecified atom stereocenters. The minimum atomic E-state index is -0.130. The molecule has 0 aromatic heterocycles. The van der Waals surface area contributed by atoms with Gasteiger partial charge in [0.15, 0.2) is 17.0 Å². The number of thioether (sulfide) groups is 2. The van der Waals surface area contributed by atoms with Crippen LogP contribution in [0.15, 0.2) is 80.6 Å². The van der Waals surface area contributed by atoms with Gasteiger partial charge in [-0.25, -0.2) is 15.0 Å². The van der Waals surface area contributed by atoms with Crippen molar-refractivity contribution in [1.29, 1.82) is 0 Å². The van der Waals surface area contributed by atoms with Crippen molar-refractivity contribution in [1.82, 2.24) is 0 Å². The summed E-state index contributed by atoms with van der Waals surface area (Å²) in [7, 11) is 0. The van der Waals surface area contributed by atoms with E-state index in [0.29, 0.717) is 0 Å². The van der Waals surface area contributed by atoms with Gasteiger partial charge in [-0.2, -0.15) is 0 Å². The number of nitrogens with zero attached hydrogens (tertiary/aromatic N) is 4. The molecule has 124 valence electrons. The molecular formula is C19H16N4S2. The normalized spacial score (nSPS) is 18.4. The van der Waals surface area contributed by atoms with Crippen LogP contribution in [0.25, 0.3) is 0 Å². The maximum atomic E-state index is 4.75. The van der Waals surface area contributed by atoms with Crippen molar-refractivity contribution in [2.24, 2.45) is 20.0 Å². The van der Waals surface area contributed by atoms with E-state index in [1.807, 2.05) is 24.3 Å². The Kier molecular flexibility index (Phi) is 5.09. The van der Waals surface area contributed by atoms with Gasteiger partial charge >= 0.3 is 0 Å². The van der Waals surface area contributed by atoms with Crippen LogP contribution in [-0.2, 0) is 11.5 Å². The highest BCUT2D eigenvalue weighted by Crippen LogP contribution is 2.26. The van der Waals surface area contributed by atoms with Gasteiger partial charge in [0.25, 0.3) is 0 Å². The number of fused-ring (bicyclic) bond motifs is 1. The topological polar surface area (TPSA) is 49.4 Å². The molecule has 0 fully saturated rings. The fraction of sp³-hybridized carbons (Fsp3) is 0.158. The van der Waals surface area contributed by atoms with E-state index in [0.717, 1.165) is 27.6 Å². The summed E-state index contributed by atoms with van der Waals surface area (Å²) in [6.45, 7) is 0. The van der Waals surface area contributed by atoms with Crippen molar-refractivity contribution < 1.29 is 0 Å². The first-order valence-electron chi connectivity index (χ1n) is 7.98. The van der Waals surface area contributed by atoms with Crippen LogP contribution < -0.4 is 0 Å². The summed E-state index contributed by atoms with van der Waals surface area (Å²) in [6.07, 6.45) is 1.59. The van der Waals surface area contributed by atoms with Gasteiger partial charge in [0, 0.05) is 11.5 Å². The standard InChI is InChI=1S/C19H16N4S2/c1-3-7-14(8-4-1)11-24-18-16-17(21-13-20-16)22-19(23-18)25-12-15-9-5-2-6-10-15/h1-10,13,16H,11-12H2. The molecule has 4 nitrogen and oxygen atoms in total. The smallest absolute Gasteiger partial charge is 0.190 e. The Labute approximate surface area is 155 Å². The van der Waals surface area contributed by atoms with Crippen molar-refractivity contribution in [2.45, 2.75) is 17.5 Å². The molecule has 2 aromatic rings.